The molecule has 0 amide bonds. The van der Waals surface area contributed by atoms with E-state index in [9.17, 15) is 9.59 Å². The molecular formula is C38H68N4O3. The van der Waals surface area contributed by atoms with Gasteiger partial charge in [0.2, 0.25) is 0 Å². The minimum atomic E-state index is -0.271. The van der Waals surface area contributed by atoms with E-state index in [-0.39, 0.29) is 17.3 Å². The Labute approximate surface area is 277 Å². The van der Waals surface area contributed by atoms with Gasteiger partial charge in [-0.3, -0.25) is 10.2 Å². The predicted octanol–water partition coefficient (Wildman–Crippen LogP) is 9.92. The number of allylic oxidation sites excluding steroid dienone is 2. The van der Waals surface area contributed by atoms with Gasteiger partial charge in [-0.25, -0.2) is 0 Å². The van der Waals surface area contributed by atoms with Crippen LogP contribution in [0.15, 0.2) is 36.0 Å². The molecule has 1 aliphatic heterocycles. The number of carbonyl (C=O) groups is 2. The molecule has 1 aromatic rings. The number of fused-ring (bicyclic) bond motifs is 1. The number of anilines is 1. The third kappa shape index (κ3) is 21.4. The van der Waals surface area contributed by atoms with Crippen molar-refractivity contribution in [3.05, 3.63) is 36.0 Å². The van der Waals surface area contributed by atoms with Crippen LogP contribution in [0, 0.1) is 16.7 Å². The van der Waals surface area contributed by atoms with E-state index in [0.29, 0.717) is 5.70 Å². The normalized spacial score (nSPS) is 16.6. The molecule has 0 aromatic heterocycles. The van der Waals surface area contributed by atoms with E-state index in [1.165, 1.54) is 90.1 Å². The number of rotatable bonds is 11. The highest BCUT2D eigenvalue weighted by atomic mass is 16.5. The molecule has 3 rings (SSSR count). The zero-order chi connectivity index (χ0) is 34.6. The van der Waals surface area contributed by atoms with Gasteiger partial charge in [-0.2, -0.15) is 0 Å². The molecule has 7 heteroatoms. The summed E-state index contributed by atoms with van der Waals surface area (Å²) in [6.45, 7) is 23.2. The first-order valence-electron chi connectivity index (χ1n) is 17.5. The number of unbranched alkanes of at least 4 members (excludes halogenated alkanes) is 2. The van der Waals surface area contributed by atoms with Gasteiger partial charge in [-0.1, -0.05) is 86.3 Å². The quantitative estimate of drug-likeness (QED) is 0.238. The molecule has 7 nitrogen and oxygen atoms in total. The Bertz CT molecular complexity index is 949. The van der Waals surface area contributed by atoms with Crippen LogP contribution >= 0.6 is 0 Å². The minimum Gasteiger partial charge on any atom is -0.490 e. The molecular weight excluding hydrogens is 560 g/mol. The summed E-state index contributed by atoms with van der Waals surface area (Å²) in [7, 11) is 0. The van der Waals surface area contributed by atoms with Crippen LogP contribution in [0.4, 0.5) is 5.69 Å². The van der Waals surface area contributed by atoms with E-state index in [4.69, 9.17) is 15.6 Å². The Balaban J connectivity index is 0. The molecule has 258 valence electrons. The first kappa shape index (κ1) is 44.2. The number of nitrogens with one attached hydrogen (secondary N) is 2. The highest BCUT2D eigenvalue weighted by Crippen LogP contribution is 2.36. The lowest BCUT2D eigenvalue weighted by molar-refractivity contribution is -0.115. The zero-order valence-corrected chi connectivity index (χ0v) is 30.6. The Morgan fingerprint density at radius 3 is 1.78 bits per heavy atom. The first-order valence-corrected chi connectivity index (χ1v) is 17.5. The number of nitrogens with zero attached hydrogens (tertiary/aromatic N) is 2. The fraction of sp³-hybridized carbons (Fsp3) is 0.684. The van der Waals surface area contributed by atoms with Crippen molar-refractivity contribution >= 4 is 29.2 Å². The first-order chi connectivity index (χ1) is 21.5. The Kier molecular flexibility index (Phi) is 28.0. The van der Waals surface area contributed by atoms with Crippen LogP contribution in [0.25, 0.3) is 0 Å². The van der Waals surface area contributed by atoms with Crippen molar-refractivity contribution in [2.75, 3.05) is 31.1 Å². The smallest absolute Gasteiger partial charge is 0.177 e. The molecule has 0 radical (unpaired) electrons. The van der Waals surface area contributed by atoms with E-state index in [1.54, 1.807) is 0 Å². The van der Waals surface area contributed by atoms with E-state index in [1.807, 2.05) is 4.90 Å². The maximum absolute atomic E-state index is 11.0. The SMILES string of the molecule is CC(C)=O.CC1CCC(N2CCOc3ccccc32)CC1.CCCC.CCCC.CCCN(CCC)/C(C=N)=C/C(=N)C(C)=O. The van der Waals surface area contributed by atoms with Crippen molar-refractivity contribution in [3.8, 4) is 5.75 Å². The number of benzene rings is 1. The van der Waals surface area contributed by atoms with E-state index < -0.39 is 0 Å². The highest BCUT2D eigenvalue weighted by molar-refractivity contribution is 6.42. The fourth-order valence-corrected chi connectivity index (χ4v) is 4.51. The molecule has 0 atom stereocenters. The monoisotopic (exact) mass is 629 g/mol. The minimum absolute atomic E-state index is 0.0456. The Morgan fingerprint density at radius 1 is 0.867 bits per heavy atom. The molecule has 0 spiro atoms. The number of ketones is 2. The average molecular weight is 629 g/mol. The second kappa shape index (κ2) is 28.5. The van der Waals surface area contributed by atoms with Crippen molar-refractivity contribution < 1.29 is 14.3 Å². The van der Waals surface area contributed by atoms with Crippen molar-refractivity contribution in [1.82, 2.24) is 4.90 Å². The van der Waals surface area contributed by atoms with Gasteiger partial charge in [-0.15, -0.1) is 0 Å². The van der Waals surface area contributed by atoms with Gasteiger partial charge >= 0.3 is 0 Å². The molecule has 2 N–H and O–H groups in total. The maximum atomic E-state index is 11.0. The van der Waals surface area contributed by atoms with Crippen LogP contribution in [0.1, 0.15) is 133 Å². The molecule has 45 heavy (non-hydrogen) atoms. The average Bonchev–Trinajstić information content (AvgIpc) is 3.04. The molecule has 1 fully saturated rings. The van der Waals surface area contributed by atoms with Crippen LogP contribution in [0.5, 0.6) is 5.75 Å². The van der Waals surface area contributed by atoms with Crippen LogP contribution in [0.3, 0.4) is 0 Å². The predicted molar refractivity (Wildman–Crippen MR) is 196 cm³/mol. The van der Waals surface area contributed by atoms with Gasteiger partial charge in [0.25, 0.3) is 0 Å². The van der Waals surface area contributed by atoms with Crippen molar-refractivity contribution in [1.29, 1.82) is 10.8 Å². The summed E-state index contributed by atoms with van der Waals surface area (Å²) >= 11 is 0. The highest BCUT2D eigenvalue weighted by Gasteiger charge is 2.27. The molecule has 1 aromatic carbocycles. The summed E-state index contributed by atoms with van der Waals surface area (Å²) < 4.78 is 5.72. The second-order valence-electron chi connectivity index (χ2n) is 12.0. The Morgan fingerprint density at radius 2 is 1.36 bits per heavy atom. The molecule has 0 unspecified atom stereocenters. The number of ether oxygens (including phenoxy) is 1. The largest absolute Gasteiger partial charge is 0.490 e. The lowest BCUT2D eigenvalue weighted by Crippen LogP contribution is -2.42. The van der Waals surface area contributed by atoms with Gasteiger partial charge in [0.15, 0.2) is 5.78 Å². The van der Waals surface area contributed by atoms with Crippen LogP contribution in [0.2, 0.25) is 0 Å². The molecule has 2 aliphatic rings. The zero-order valence-electron chi connectivity index (χ0n) is 30.6. The molecule has 1 saturated carbocycles. The van der Waals surface area contributed by atoms with E-state index >= 15 is 0 Å². The van der Waals surface area contributed by atoms with Crippen molar-refractivity contribution in [3.63, 3.8) is 0 Å². The maximum Gasteiger partial charge on any atom is 0.177 e. The molecule has 0 bridgehead atoms. The third-order valence-electron chi connectivity index (χ3n) is 7.36. The van der Waals surface area contributed by atoms with Crippen LogP contribution < -0.4 is 9.64 Å². The van der Waals surface area contributed by atoms with Gasteiger partial charge < -0.3 is 24.7 Å². The number of hydrogen-bond donors (Lipinski definition) is 2. The second-order valence-corrected chi connectivity index (χ2v) is 12.0. The topological polar surface area (TPSA) is 97.6 Å². The molecule has 0 saturated heterocycles. The summed E-state index contributed by atoms with van der Waals surface area (Å²) in [5.41, 5.74) is 1.90. The summed E-state index contributed by atoms with van der Waals surface area (Å²) in [6.07, 6.45) is 15.4. The Hall–Kier alpha value is -2.96. The van der Waals surface area contributed by atoms with Crippen molar-refractivity contribution in [2.45, 2.75) is 139 Å². The van der Waals surface area contributed by atoms with Gasteiger partial charge in [0, 0.05) is 32.3 Å². The fourth-order valence-electron chi connectivity index (χ4n) is 4.51. The number of carbonyl (C=O) groups excluding carboxylic acids is 2. The third-order valence-corrected chi connectivity index (χ3v) is 7.36. The lowest BCUT2D eigenvalue weighted by Gasteiger charge is -2.40. The molecule has 1 aliphatic carbocycles. The van der Waals surface area contributed by atoms with Crippen LogP contribution in [-0.2, 0) is 9.59 Å². The molecule has 1 heterocycles. The number of para-hydroxylation sites is 2. The lowest BCUT2D eigenvalue weighted by atomic mass is 9.86. The van der Waals surface area contributed by atoms with Gasteiger partial charge in [0.05, 0.1) is 23.6 Å². The van der Waals surface area contributed by atoms with Crippen LogP contribution in [-0.4, -0.2) is 60.7 Å². The number of hydrogen-bond acceptors (Lipinski definition) is 7. The number of Topliss-reactive ketones (excluding diaryl/α,β-unsaturated/α-hetero) is 2. The van der Waals surface area contributed by atoms with E-state index in [0.717, 1.165) is 56.8 Å². The van der Waals surface area contributed by atoms with E-state index in [2.05, 4.69) is 77.6 Å². The van der Waals surface area contributed by atoms with Crippen molar-refractivity contribution in [2.24, 2.45) is 5.92 Å². The summed E-state index contributed by atoms with van der Waals surface area (Å²) in [6, 6.07) is 9.20. The van der Waals surface area contributed by atoms with Gasteiger partial charge in [0.1, 0.15) is 18.1 Å². The summed E-state index contributed by atoms with van der Waals surface area (Å²) in [5, 5.41) is 14.8. The standard InChI is InChI=1S/C15H21NO.C12H21N3O.2C4H10.C3H6O/c1-12-6-8-13(9-7-12)16-10-11-17-15-5-3-2-4-14(15)16;1-4-6-15(7-5-2)11(9-13)8-12(14)10(3)16;2*1-3-4-2;1-3(2)4/h2-5,12-13H,6-11H2,1H3;8-9,13-14H,4-7H2,1-3H3;2*3-4H2,1-2H3;1-2H3/b;11-8+,13-9?,14-12?;;;. The summed E-state index contributed by atoms with van der Waals surface area (Å²) in [4.78, 5) is 25.0. The van der Waals surface area contributed by atoms with Gasteiger partial charge in [-0.05, 0) is 76.5 Å². The summed E-state index contributed by atoms with van der Waals surface area (Å²) in [5.74, 6) is 1.88.